The van der Waals surface area contributed by atoms with Crippen LogP contribution in [0.25, 0.3) is 0 Å². The summed E-state index contributed by atoms with van der Waals surface area (Å²) in [4.78, 5) is 28.4. The number of likely N-dealkylation sites (tertiary alicyclic amines) is 1. The number of benzene rings is 2. The number of nitrogens with one attached hydrogen (secondary N) is 1. The van der Waals surface area contributed by atoms with Gasteiger partial charge in [-0.05, 0) is 49.7 Å². The summed E-state index contributed by atoms with van der Waals surface area (Å²) in [7, 11) is 1.67. The van der Waals surface area contributed by atoms with Gasteiger partial charge in [-0.1, -0.05) is 30.3 Å². The lowest BCUT2D eigenvalue weighted by Crippen LogP contribution is -2.44. The first-order chi connectivity index (χ1) is 14.4. The number of hydrogen-bond acceptors (Lipinski definition) is 3. The molecule has 1 N–H and O–H groups in total. The molecule has 1 saturated heterocycles. The lowest BCUT2D eigenvalue weighted by atomic mass is 9.96. The second kappa shape index (κ2) is 10.3. The maximum atomic E-state index is 13.8. The van der Waals surface area contributed by atoms with Gasteiger partial charge < -0.3 is 10.2 Å². The van der Waals surface area contributed by atoms with Gasteiger partial charge in [0.1, 0.15) is 11.6 Å². The van der Waals surface area contributed by atoms with Gasteiger partial charge >= 0.3 is 0 Å². The molecule has 2 aromatic rings. The summed E-state index contributed by atoms with van der Waals surface area (Å²) < 4.78 is 26.7. The molecular weight excluding hydrogens is 388 g/mol. The van der Waals surface area contributed by atoms with Crippen molar-refractivity contribution in [2.45, 2.75) is 25.9 Å². The molecule has 2 amide bonds. The van der Waals surface area contributed by atoms with Crippen LogP contribution in [-0.2, 0) is 22.7 Å². The average Bonchev–Trinajstić information content (AvgIpc) is 2.75. The van der Waals surface area contributed by atoms with Crippen LogP contribution in [0.1, 0.15) is 24.0 Å². The van der Waals surface area contributed by atoms with Crippen LogP contribution in [0.5, 0.6) is 0 Å². The molecule has 1 heterocycles. The van der Waals surface area contributed by atoms with Crippen molar-refractivity contribution < 1.29 is 18.4 Å². The molecular formula is C23H27F2N3O2. The fraction of sp³-hybridized carbons (Fsp3) is 0.391. The Hall–Kier alpha value is -2.80. The van der Waals surface area contributed by atoms with Crippen molar-refractivity contribution in [1.82, 2.24) is 15.1 Å². The number of hydrogen-bond donors (Lipinski definition) is 1. The Kier molecular flexibility index (Phi) is 7.52. The zero-order chi connectivity index (χ0) is 21.5. The van der Waals surface area contributed by atoms with Crippen LogP contribution in [0.2, 0.25) is 0 Å². The zero-order valence-electron chi connectivity index (χ0n) is 17.1. The molecule has 1 fully saturated rings. The van der Waals surface area contributed by atoms with Crippen molar-refractivity contribution >= 4 is 11.8 Å². The van der Waals surface area contributed by atoms with E-state index in [2.05, 4.69) is 5.32 Å². The molecule has 30 heavy (non-hydrogen) atoms. The van der Waals surface area contributed by atoms with E-state index in [1.54, 1.807) is 37.4 Å². The van der Waals surface area contributed by atoms with Crippen LogP contribution >= 0.6 is 0 Å². The summed E-state index contributed by atoms with van der Waals surface area (Å²) in [5.41, 5.74) is 1.34. The van der Waals surface area contributed by atoms with Gasteiger partial charge in [0.05, 0.1) is 6.54 Å². The third-order valence-corrected chi connectivity index (χ3v) is 5.49. The third-order valence-electron chi connectivity index (χ3n) is 5.49. The second-order valence-corrected chi connectivity index (χ2v) is 7.74. The minimum Gasteiger partial charge on any atom is -0.352 e. The van der Waals surface area contributed by atoms with E-state index in [4.69, 9.17) is 0 Å². The highest BCUT2D eigenvalue weighted by atomic mass is 19.1. The smallest absolute Gasteiger partial charge is 0.236 e. The number of likely N-dealkylation sites (N-methyl/N-ethyl adjacent to an activating group) is 1. The van der Waals surface area contributed by atoms with Crippen molar-refractivity contribution in [3.05, 3.63) is 71.3 Å². The zero-order valence-corrected chi connectivity index (χ0v) is 17.1. The molecule has 0 spiro atoms. The van der Waals surface area contributed by atoms with Gasteiger partial charge in [-0.15, -0.1) is 0 Å². The molecule has 3 rings (SSSR count). The number of piperidine rings is 1. The third kappa shape index (κ3) is 6.10. The molecule has 0 atom stereocenters. The summed E-state index contributed by atoms with van der Waals surface area (Å²) in [5, 5.41) is 2.90. The Morgan fingerprint density at radius 1 is 1.07 bits per heavy atom. The van der Waals surface area contributed by atoms with Crippen LogP contribution < -0.4 is 5.32 Å². The SMILES string of the molecule is CN(Cc1ccccc1F)C(=O)CN1CCC(C(=O)NCc2ccc(F)cc2)CC1. The van der Waals surface area contributed by atoms with E-state index >= 15 is 0 Å². The number of nitrogens with zero attached hydrogens (tertiary/aromatic N) is 2. The van der Waals surface area contributed by atoms with Gasteiger partial charge in [0.2, 0.25) is 11.8 Å². The van der Waals surface area contributed by atoms with Gasteiger partial charge in [-0.3, -0.25) is 14.5 Å². The molecule has 5 nitrogen and oxygen atoms in total. The predicted octanol–water partition coefficient (Wildman–Crippen LogP) is 2.95. The minimum absolute atomic E-state index is 0.0121. The Morgan fingerprint density at radius 3 is 2.40 bits per heavy atom. The van der Waals surface area contributed by atoms with E-state index in [0.29, 0.717) is 38.0 Å². The van der Waals surface area contributed by atoms with E-state index in [0.717, 1.165) is 5.56 Å². The lowest BCUT2D eigenvalue weighted by Gasteiger charge is -2.32. The molecule has 0 radical (unpaired) electrons. The molecule has 160 valence electrons. The number of halogens is 2. The summed E-state index contributed by atoms with van der Waals surface area (Å²) in [5.74, 6) is -0.788. The van der Waals surface area contributed by atoms with Crippen LogP contribution in [0.3, 0.4) is 0 Å². The fourth-order valence-corrected chi connectivity index (χ4v) is 3.57. The molecule has 0 aromatic heterocycles. The summed E-state index contributed by atoms with van der Waals surface area (Å²) >= 11 is 0. The molecule has 2 aromatic carbocycles. The number of amides is 2. The van der Waals surface area contributed by atoms with Crippen molar-refractivity contribution in [2.24, 2.45) is 5.92 Å². The minimum atomic E-state index is -0.315. The first-order valence-electron chi connectivity index (χ1n) is 10.1. The van der Waals surface area contributed by atoms with Gasteiger partial charge in [0, 0.05) is 31.6 Å². The highest BCUT2D eigenvalue weighted by Gasteiger charge is 2.26. The van der Waals surface area contributed by atoms with Crippen molar-refractivity contribution in [3.8, 4) is 0 Å². The van der Waals surface area contributed by atoms with Crippen LogP contribution in [-0.4, -0.2) is 48.3 Å². The Balaban J connectivity index is 1.40. The highest BCUT2D eigenvalue weighted by Crippen LogP contribution is 2.18. The first kappa shape index (κ1) is 21.9. The number of rotatable bonds is 7. The van der Waals surface area contributed by atoms with E-state index in [9.17, 15) is 18.4 Å². The van der Waals surface area contributed by atoms with Gasteiger partial charge in [-0.2, -0.15) is 0 Å². The molecule has 0 aliphatic carbocycles. The van der Waals surface area contributed by atoms with E-state index in [-0.39, 0.29) is 42.5 Å². The average molecular weight is 415 g/mol. The first-order valence-corrected chi connectivity index (χ1v) is 10.1. The largest absolute Gasteiger partial charge is 0.352 e. The Morgan fingerprint density at radius 2 is 1.73 bits per heavy atom. The van der Waals surface area contributed by atoms with Gasteiger partial charge in [0.25, 0.3) is 0 Å². The summed E-state index contributed by atoms with van der Waals surface area (Å²) in [6.07, 6.45) is 1.36. The maximum absolute atomic E-state index is 13.8. The Bertz CT molecular complexity index is 865. The standard InChI is InChI=1S/C23H27F2N3O2/c1-27(15-19-4-2-3-5-21(19)25)22(29)16-28-12-10-18(11-13-28)23(30)26-14-17-6-8-20(24)9-7-17/h2-9,18H,10-16H2,1H3,(H,26,30). The van der Waals surface area contributed by atoms with E-state index < -0.39 is 0 Å². The topological polar surface area (TPSA) is 52.7 Å². The number of carbonyl (C=O) groups excluding carboxylic acids is 2. The van der Waals surface area contributed by atoms with Crippen molar-refractivity contribution in [3.63, 3.8) is 0 Å². The summed E-state index contributed by atoms with van der Waals surface area (Å²) in [6.45, 7) is 2.18. The van der Waals surface area contributed by atoms with Gasteiger partial charge in [-0.25, -0.2) is 8.78 Å². The van der Waals surface area contributed by atoms with E-state index in [1.807, 2.05) is 4.90 Å². The highest BCUT2D eigenvalue weighted by molar-refractivity contribution is 5.79. The fourth-order valence-electron chi connectivity index (χ4n) is 3.57. The number of carbonyl (C=O) groups is 2. The second-order valence-electron chi connectivity index (χ2n) is 7.74. The van der Waals surface area contributed by atoms with Crippen LogP contribution in [0, 0.1) is 17.6 Å². The Labute approximate surface area is 175 Å². The predicted molar refractivity (Wildman–Crippen MR) is 110 cm³/mol. The molecule has 0 saturated carbocycles. The molecule has 0 bridgehead atoms. The summed E-state index contributed by atoms with van der Waals surface area (Å²) in [6, 6.07) is 12.5. The van der Waals surface area contributed by atoms with Crippen LogP contribution in [0.15, 0.2) is 48.5 Å². The molecule has 0 unspecified atom stereocenters. The lowest BCUT2D eigenvalue weighted by molar-refractivity contribution is -0.132. The van der Waals surface area contributed by atoms with Gasteiger partial charge in [0.15, 0.2) is 0 Å². The maximum Gasteiger partial charge on any atom is 0.236 e. The van der Waals surface area contributed by atoms with Crippen molar-refractivity contribution in [1.29, 1.82) is 0 Å². The molecule has 7 heteroatoms. The molecule has 1 aliphatic heterocycles. The van der Waals surface area contributed by atoms with Crippen molar-refractivity contribution in [2.75, 3.05) is 26.7 Å². The molecule has 1 aliphatic rings. The van der Waals surface area contributed by atoms with Crippen LogP contribution in [0.4, 0.5) is 8.78 Å². The normalized spacial score (nSPS) is 15.0. The van der Waals surface area contributed by atoms with E-state index in [1.165, 1.54) is 23.1 Å². The monoisotopic (exact) mass is 415 g/mol. The quantitative estimate of drug-likeness (QED) is 0.757.